The largest absolute Gasteiger partial charge is 1.00 e. The van der Waals surface area contributed by atoms with Gasteiger partial charge in [0.15, 0.2) is 17.2 Å². The summed E-state index contributed by atoms with van der Waals surface area (Å²) in [5.41, 5.74) is -0.480. The summed E-state index contributed by atoms with van der Waals surface area (Å²) in [6, 6.07) is 10.4. The number of aromatic nitrogens is 2. The van der Waals surface area contributed by atoms with Crippen molar-refractivity contribution in [3.63, 3.8) is 0 Å². The van der Waals surface area contributed by atoms with Crippen molar-refractivity contribution in [1.82, 2.24) is 9.97 Å². The van der Waals surface area contributed by atoms with E-state index in [-0.39, 0.29) is 84.8 Å². The molecule has 16 heteroatoms. The fraction of sp³-hybridized carbons (Fsp3) is 0.361. The number of hydrogen-bond donors (Lipinski definition) is 0. The first-order valence-electron chi connectivity index (χ1n) is 15.6. The molecule has 0 aliphatic rings. The standard InChI is InChI=1S/C36H37F6N3O6.Na/c1-21(2)23-8-9-30(48-3)29(13-23)28-16-32(50-5)31(49-4)14-24(28)20-45(34-43-17-27(18-44-34)51-10-6-7-33(46)47)19-22-11-25(35(37,38)39)15-26(12-22)36(40,41)42;/h8-9,11-18,21H,6-7,10,19-20H2,1-5H3,(H,46,47);/q;+1/p-1. The fourth-order valence-corrected chi connectivity index (χ4v) is 5.29. The van der Waals surface area contributed by atoms with Crippen LogP contribution in [0.15, 0.2) is 60.9 Å². The summed E-state index contributed by atoms with van der Waals surface area (Å²) < 4.78 is 105. The van der Waals surface area contributed by atoms with E-state index in [2.05, 4.69) is 9.97 Å². The Bertz CT molecular complexity index is 1790. The number of alkyl halides is 6. The molecule has 4 rings (SSSR count). The van der Waals surface area contributed by atoms with E-state index in [0.717, 1.165) is 5.56 Å². The average molecular weight is 744 g/mol. The van der Waals surface area contributed by atoms with E-state index in [1.165, 1.54) is 38.6 Å². The molecule has 9 nitrogen and oxygen atoms in total. The van der Waals surface area contributed by atoms with Gasteiger partial charge in [-0.05, 0) is 83.5 Å². The molecular formula is C36H36F6N3NaO6. The van der Waals surface area contributed by atoms with Crippen molar-refractivity contribution in [2.45, 2.75) is 58.0 Å². The molecule has 0 atom stereocenters. The zero-order valence-electron chi connectivity index (χ0n) is 29.4. The van der Waals surface area contributed by atoms with Gasteiger partial charge < -0.3 is 33.7 Å². The van der Waals surface area contributed by atoms with Crippen molar-refractivity contribution in [3.8, 4) is 34.1 Å². The molecule has 1 aromatic heterocycles. The van der Waals surface area contributed by atoms with E-state index in [1.54, 1.807) is 18.2 Å². The SMILES string of the molecule is COc1cc(CN(Cc2cc(C(F)(F)F)cc(C(F)(F)F)c2)c2ncc(OCCCC(=O)[O-])cn2)c(-c2cc(C(C)C)ccc2OC)cc1OC.[Na+]. The first-order chi connectivity index (χ1) is 24.0. The molecule has 3 aromatic carbocycles. The molecule has 52 heavy (non-hydrogen) atoms. The number of benzene rings is 3. The van der Waals surface area contributed by atoms with Crippen LogP contribution in [-0.2, 0) is 30.2 Å². The van der Waals surface area contributed by atoms with Crippen LogP contribution in [0.4, 0.5) is 32.3 Å². The molecule has 0 amide bonds. The third-order valence-corrected chi connectivity index (χ3v) is 7.86. The van der Waals surface area contributed by atoms with Crippen molar-refractivity contribution in [1.29, 1.82) is 0 Å². The number of carboxylic acids is 1. The number of carbonyl (C=O) groups is 1. The Labute approximate surface area is 319 Å². The summed E-state index contributed by atoms with van der Waals surface area (Å²) in [5, 5.41) is 10.7. The molecular weight excluding hydrogens is 707 g/mol. The molecule has 0 saturated carbocycles. The molecule has 274 valence electrons. The van der Waals surface area contributed by atoms with E-state index in [9.17, 15) is 36.2 Å². The second-order valence-corrected chi connectivity index (χ2v) is 11.8. The van der Waals surface area contributed by atoms with E-state index in [4.69, 9.17) is 18.9 Å². The van der Waals surface area contributed by atoms with Gasteiger partial charge in [0, 0.05) is 24.6 Å². The molecule has 0 fully saturated rings. The summed E-state index contributed by atoms with van der Waals surface area (Å²) in [7, 11) is 4.38. The minimum Gasteiger partial charge on any atom is -0.550 e. The zero-order chi connectivity index (χ0) is 37.5. The number of nitrogens with zero attached hydrogens (tertiary/aromatic N) is 3. The minimum atomic E-state index is -5.05. The van der Waals surface area contributed by atoms with Gasteiger partial charge in [0.05, 0.1) is 51.5 Å². The van der Waals surface area contributed by atoms with Gasteiger partial charge in [0.2, 0.25) is 5.95 Å². The molecule has 0 N–H and O–H groups in total. The van der Waals surface area contributed by atoms with Crippen molar-refractivity contribution in [3.05, 3.63) is 88.7 Å². The summed E-state index contributed by atoms with van der Waals surface area (Å²) in [6.45, 7) is 3.43. The van der Waals surface area contributed by atoms with Gasteiger partial charge in [-0.3, -0.25) is 0 Å². The molecule has 0 spiro atoms. The topological polar surface area (TPSA) is 106 Å². The van der Waals surface area contributed by atoms with Crippen LogP contribution in [-0.4, -0.2) is 43.9 Å². The predicted octanol–water partition coefficient (Wildman–Crippen LogP) is 4.45. The predicted molar refractivity (Wildman–Crippen MR) is 174 cm³/mol. The summed E-state index contributed by atoms with van der Waals surface area (Å²) in [5.74, 6) is 0.187. The number of carbonyl (C=O) groups excluding carboxylic acids is 1. The van der Waals surface area contributed by atoms with Crippen LogP contribution in [0, 0.1) is 0 Å². The van der Waals surface area contributed by atoms with Gasteiger partial charge in [0.1, 0.15) is 5.75 Å². The van der Waals surface area contributed by atoms with Crippen LogP contribution in [0.25, 0.3) is 11.1 Å². The Morgan fingerprint density at radius 3 is 1.88 bits per heavy atom. The molecule has 1 heterocycles. The molecule has 0 saturated heterocycles. The normalized spacial score (nSPS) is 11.5. The number of hydrogen-bond acceptors (Lipinski definition) is 9. The molecule has 4 aromatic rings. The second kappa shape index (κ2) is 18.0. The summed E-state index contributed by atoms with van der Waals surface area (Å²) in [4.78, 5) is 20.8. The van der Waals surface area contributed by atoms with Gasteiger partial charge in [-0.15, -0.1) is 0 Å². The first-order valence-corrected chi connectivity index (χ1v) is 15.6. The van der Waals surface area contributed by atoms with Crippen molar-refractivity contribution in [2.24, 2.45) is 0 Å². The number of carboxylic acid groups (broad SMARTS) is 1. The van der Waals surface area contributed by atoms with Crippen LogP contribution in [0.1, 0.15) is 60.4 Å². The Balaban J connectivity index is 0.00000729. The summed E-state index contributed by atoms with van der Waals surface area (Å²) >= 11 is 0. The molecule has 0 radical (unpaired) electrons. The van der Waals surface area contributed by atoms with Crippen molar-refractivity contribution < 1.29 is 84.7 Å². The first kappa shape index (κ1) is 42.2. The number of ether oxygens (including phenoxy) is 4. The number of rotatable bonds is 15. The molecule has 0 unspecified atom stereocenters. The fourth-order valence-electron chi connectivity index (χ4n) is 5.29. The zero-order valence-corrected chi connectivity index (χ0v) is 31.4. The Kier molecular flexibility index (Phi) is 14.6. The quantitative estimate of drug-likeness (QED) is 0.0993. The maximum Gasteiger partial charge on any atom is 1.00 e. The monoisotopic (exact) mass is 743 g/mol. The third kappa shape index (κ3) is 10.9. The van der Waals surface area contributed by atoms with E-state index >= 15 is 0 Å². The van der Waals surface area contributed by atoms with E-state index in [1.807, 2.05) is 26.0 Å². The van der Waals surface area contributed by atoms with Gasteiger partial charge in [-0.1, -0.05) is 19.9 Å². The van der Waals surface area contributed by atoms with Crippen molar-refractivity contribution in [2.75, 3.05) is 32.8 Å². The van der Waals surface area contributed by atoms with Crippen LogP contribution in [0.2, 0.25) is 0 Å². The van der Waals surface area contributed by atoms with Gasteiger partial charge >= 0.3 is 41.9 Å². The van der Waals surface area contributed by atoms with E-state index < -0.39 is 36.0 Å². The van der Waals surface area contributed by atoms with Crippen LogP contribution >= 0.6 is 0 Å². The maximum atomic E-state index is 13.8. The number of anilines is 1. The summed E-state index contributed by atoms with van der Waals surface area (Å²) in [6.07, 6.45) is -7.65. The minimum absolute atomic E-state index is 0. The molecule has 0 bridgehead atoms. The number of aliphatic carboxylic acids is 1. The molecule has 0 aliphatic carbocycles. The van der Waals surface area contributed by atoms with Crippen LogP contribution in [0.5, 0.6) is 23.0 Å². The van der Waals surface area contributed by atoms with Crippen LogP contribution < -0.4 is 58.5 Å². The van der Waals surface area contributed by atoms with Gasteiger partial charge in [0.25, 0.3) is 0 Å². The van der Waals surface area contributed by atoms with Crippen molar-refractivity contribution >= 4 is 11.9 Å². The number of methoxy groups -OCH3 is 3. The van der Waals surface area contributed by atoms with E-state index in [0.29, 0.717) is 46.1 Å². The van der Waals surface area contributed by atoms with Gasteiger partial charge in [-0.2, -0.15) is 26.3 Å². The van der Waals surface area contributed by atoms with Gasteiger partial charge in [-0.25, -0.2) is 9.97 Å². The average Bonchev–Trinajstić information content (AvgIpc) is 3.08. The smallest absolute Gasteiger partial charge is 0.550 e. The third-order valence-electron chi connectivity index (χ3n) is 7.86. The Morgan fingerprint density at radius 1 is 0.788 bits per heavy atom. The number of halogens is 6. The molecule has 0 aliphatic heterocycles. The Hall–Kier alpha value is -4.21. The second-order valence-electron chi connectivity index (χ2n) is 11.8. The maximum absolute atomic E-state index is 13.8. The van der Waals surface area contributed by atoms with Crippen LogP contribution in [0.3, 0.4) is 0 Å². The Morgan fingerprint density at radius 2 is 1.37 bits per heavy atom.